The molecule has 4 nitrogen and oxygen atoms in total. The summed E-state index contributed by atoms with van der Waals surface area (Å²) in [5, 5.41) is 3.20. The van der Waals surface area contributed by atoms with Crippen molar-refractivity contribution in [2.45, 2.75) is 6.42 Å². The van der Waals surface area contributed by atoms with Crippen molar-refractivity contribution in [1.29, 1.82) is 0 Å². The summed E-state index contributed by atoms with van der Waals surface area (Å²) < 4.78 is 16.4. The van der Waals surface area contributed by atoms with E-state index < -0.39 is 0 Å². The van der Waals surface area contributed by atoms with E-state index >= 15 is 0 Å². The van der Waals surface area contributed by atoms with Crippen LogP contribution in [0.3, 0.4) is 0 Å². The molecule has 0 saturated heterocycles. The Hall–Kier alpha value is -2.69. The number of amidine groups is 1. The first kappa shape index (κ1) is 13.0. The summed E-state index contributed by atoms with van der Waals surface area (Å²) in [6.07, 6.45) is 2.70. The first-order valence-electron chi connectivity index (χ1n) is 7.34. The summed E-state index contributed by atoms with van der Waals surface area (Å²) in [6.45, 7) is 1.54. The molecular formula is C17H15FN4. The Morgan fingerprint density at radius 2 is 2.00 bits per heavy atom. The molecule has 4 rings (SSSR count). The highest BCUT2D eigenvalue weighted by atomic mass is 19.1. The number of nitrogens with zero attached hydrogens (tertiary/aromatic N) is 3. The van der Waals surface area contributed by atoms with Gasteiger partial charge in [0.15, 0.2) is 0 Å². The van der Waals surface area contributed by atoms with Gasteiger partial charge >= 0.3 is 0 Å². The fourth-order valence-corrected chi connectivity index (χ4v) is 2.80. The van der Waals surface area contributed by atoms with Gasteiger partial charge in [-0.1, -0.05) is 18.2 Å². The van der Waals surface area contributed by atoms with Gasteiger partial charge in [-0.15, -0.1) is 0 Å². The molecule has 0 saturated carbocycles. The van der Waals surface area contributed by atoms with Crippen LogP contribution in [0.25, 0.3) is 16.7 Å². The third-order valence-electron chi connectivity index (χ3n) is 3.84. The second kappa shape index (κ2) is 5.26. The standard InChI is InChI=1S/C17H15FN4/c18-12-5-3-8-15(16(12)17-19-9-4-10-20-17)22-11-21-13-6-1-2-7-14(13)22/h1-3,5-8,11H,4,9-10H2,(H,19,20). The van der Waals surface area contributed by atoms with E-state index in [1.807, 2.05) is 34.9 Å². The molecule has 0 bridgehead atoms. The molecule has 110 valence electrons. The zero-order valence-electron chi connectivity index (χ0n) is 12.0. The molecule has 1 aromatic heterocycles. The Balaban J connectivity index is 1.96. The third kappa shape index (κ3) is 2.06. The molecule has 0 radical (unpaired) electrons. The maximum Gasteiger partial charge on any atom is 0.136 e. The number of hydrogen-bond donors (Lipinski definition) is 1. The van der Waals surface area contributed by atoms with E-state index in [0.29, 0.717) is 11.4 Å². The topological polar surface area (TPSA) is 42.2 Å². The Kier molecular flexibility index (Phi) is 3.11. The molecule has 0 spiro atoms. The molecule has 1 aliphatic rings. The molecule has 5 heteroatoms. The second-order valence-electron chi connectivity index (χ2n) is 5.25. The van der Waals surface area contributed by atoms with E-state index in [1.165, 1.54) is 6.07 Å². The Bertz CT molecular complexity index is 866. The summed E-state index contributed by atoms with van der Waals surface area (Å²) >= 11 is 0. The average molecular weight is 294 g/mol. The van der Waals surface area contributed by atoms with Gasteiger partial charge in [0, 0.05) is 13.1 Å². The number of halogens is 1. The molecule has 1 aliphatic heterocycles. The molecule has 2 aromatic carbocycles. The summed E-state index contributed by atoms with van der Waals surface area (Å²) in [6, 6.07) is 12.9. The zero-order chi connectivity index (χ0) is 14.9. The lowest BCUT2D eigenvalue weighted by atomic mass is 10.1. The normalized spacial score (nSPS) is 14.7. The molecule has 22 heavy (non-hydrogen) atoms. The van der Waals surface area contributed by atoms with Crippen LogP contribution in [0.5, 0.6) is 0 Å². The van der Waals surface area contributed by atoms with Crippen molar-refractivity contribution < 1.29 is 4.39 Å². The molecular weight excluding hydrogens is 279 g/mol. The lowest BCUT2D eigenvalue weighted by molar-refractivity contribution is 0.620. The van der Waals surface area contributed by atoms with Crippen molar-refractivity contribution in [2.24, 2.45) is 4.99 Å². The van der Waals surface area contributed by atoms with Gasteiger partial charge in [-0.25, -0.2) is 9.37 Å². The quantitative estimate of drug-likeness (QED) is 0.789. The number of nitrogens with one attached hydrogen (secondary N) is 1. The van der Waals surface area contributed by atoms with Gasteiger partial charge in [0.1, 0.15) is 18.0 Å². The Labute approximate surface area is 127 Å². The third-order valence-corrected chi connectivity index (χ3v) is 3.84. The minimum atomic E-state index is -0.275. The number of fused-ring (bicyclic) bond motifs is 1. The van der Waals surface area contributed by atoms with Crippen LogP contribution in [0, 0.1) is 5.82 Å². The maximum absolute atomic E-state index is 14.5. The minimum absolute atomic E-state index is 0.275. The van der Waals surface area contributed by atoms with E-state index in [0.717, 1.165) is 36.2 Å². The van der Waals surface area contributed by atoms with Crippen LogP contribution in [0.2, 0.25) is 0 Å². The van der Waals surface area contributed by atoms with Gasteiger partial charge in [0.25, 0.3) is 0 Å². The van der Waals surface area contributed by atoms with E-state index in [-0.39, 0.29) is 5.82 Å². The lowest BCUT2D eigenvalue weighted by Gasteiger charge is -2.18. The van der Waals surface area contributed by atoms with Crippen LogP contribution in [-0.2, 0) is 0 Å². The molecule has 0 fully saturated rings. The summed E-state index contributed by atoms with van der Waals surface area (Å²) in [7, 11) is 0. The van der Waals surface area contributed by atoms with Gasteiger partial charge < -0.3 is 5.32 Å². The number of benzene rings is 2. The number of hydrogen-bond acceptors (Lipinski definition) is 3. The van der Waals surface area contributed by atoms with E-state index in [1.54, 1.807) is 12.4 Å². The molecule has 0 unspecified atom stereocenters. The Morgan fingerprint density at radius 1 is 1.09 bits per heavy atom. The minimum Gasteiger partial charge on any atom is -0.370 e. The fourth-order valence-electron chi connectivity index (χ4n) is 2.80. The van der Waals surface area contributed by atoms with Crippen LogP contribution in [0.15, 0.2) is 53.8 Å². The lowest BCUT2D eigenvalue weighted by Crippen LogP contribution is -2.31. The van der Waals surface area contributed by atoms with Crippen molar-refractivity contribution in [3.05, 3.63) is 60.2 Å². The SMILES string of the molecule is Fc1cccc(-n2cnc3ccccc32)c1C1=NCCCN1. The average Bonchev–Trinajstić information content (AvgIpc) is 2.99. The largest absolute Gasteiger partial charge is 0.370 e. The fraction of sp³-hybridized carbons (Fsp3) is 0.176. The number of para-hydroxylation sites is 2. The molecule has 1 N–H and O–H groups in total. The van der Waals surface area contributed by atoms with E-state index in [2.05, 4.69) is 15.3 Å². The molecule has 0 amide bonds. The first-order valence-corrected chi connectivity index (χ1v) is 7.34. The van der Waals surface area contributed by atoms with Crippen LogP contribution in [0.1, 0.15) is 12.0 Å². The summed E-state index contributed by atoms with van der Waals surface area (Å²) in [4.78, 5) is 8.83. The number of rotatable bonds is 2. The predicted octanol–water partition coefficient (Wildman–Crippen LogP) is 2.90. The van der Waals surface area contributed by atoms with E-state index in [4.69, 9.17) is 0 Å². The smallest absolute Gasteiger partial charge is 0.136 e. The molecule has 0 aliphatic carbocycles. The monoisotopic (exact) mass is 294 g/mol. The summed E-state index contributed by atoms with van der Waals surface area (Å²) in [5.74, 6) is 0.348. The first-order chi connectivity index (χ1) is 10.8. The van der Waals surface area contributed by atoms with Crippen molar-refractivity contribution in [1.82, 2.24) is 14.9 Å². The molecule has 0 atom stereocenters. The van der Waals surface area contributed by atoms with Gasteiger partial charge in [0.2, 0.25) is 0 Å². The highest BCUT2D eigenvalue weighted by Crippen LogP contribution is 2.23. The van der Waals surface area contributed by atoms with Gasteiger partial charge in [-0.05, 0) is 30.7 Å². The van der Waals surface area contributed by atoms with Crippen LogP contribution < -0.4 is 5.32 Å². The molecule has 2 heterocycles. The van der Waals surface area contributed by atoms with Crippen molar-refractivity contribution in [3.63, 3.8) is 0 Å². The maximum atomic E-state index is 14.5. The van der Waals surface area contributed by atoms with Gasteiger partial charge in [0.05, 0.1) is 22.3 Å². The highest BCUT2D eigenvalue weighted by molar-refractivity contribution is 6.03. The van der Waals surface area contributed by atoms with Crippen LogP contribution >= 0.6 is 0 Å². The van der Waals surface area contributed by atoms with Crippen molar-refractivity contribution in [3.8, 4) is 5.69 Å². The van der Waals surface area contributed by atoms with Crippen molar-refractivity contribution in [2.75, 3.05) is 13.1 Å². The van der Waals surface area contributed by atoms with Gasteiger partial charge in [-0.2, -0.15) is 0 Å². The van der Waals surface area contributed by atoms with Crippen LogP contribution in [-0.4, -0.2) is 28.5 Å². The summed E-state index contributed by atoms with van der Waals surface area (Å²) in [5.41, 5.74) is 3.09. The number of aromatic nitrogens is 2. The van der Waals surface area contributed by atoms with E-state index in [9.17, 15) is 4.39 Å². The van der Waals surface area contributed by atoms with Crippen molar-refractivity contribution >= 4 is 16.9 Å². The predicted molar refractivity (Wildman–Crippen MR) is 85.1 cm³/mol. The zero-order valence-corrected chi connectivity index (χ0v) is 12.0. The highest BCUT2D eigenvalue weighted by Gasteiger charge is 2.18. The van der Waals surface area contributed by atoms with Gasteiger partial charge in [-0.3, -0.25) is 9.56 Å². The number of aliphatic imine (C=N–C) groups is 1. The molecule has 3 aromatic rings. The number of imidazole rings is 1. The second-order valence-corrected chi connectivity index (χ2v) is 5.25. The van der Waals surface area contributed by atoms with Crippen LogP contribution in [0.4, 0.5) is 4.39 Å². The Morgan fingerprint density at radius 3 is 2.86 bits per heavy atom.